The van der Waals surface area contributed by atoms with Gasteiger partial charge in [-0.25, -0.2) is 15.0 Å². The van der Waals surface area contributed by atoms with Crippen molar-refractivity contribution >= 4 is 28.6 Å². The smallest absolute Gasteiger partial charge is 0.231 e. The average Bonchev–Trinajstić information content (AvgIpc) is 3.03. The highest BCUT2D eigenvalue weighted by molar-refractivity contribution is 5.96. The Hall–Kier alpha value is -3.16. The SMILES string of the molecule is COc1ccc(C)cc1N(C)C(=O)[C@H]1CCCN(c2ncnc3c2nc2n3CCCCC2)C1. The van der Waals surface area contributed by atoms with Gasteiger partial charge in [-0.15, -0.1) is 0 Å². The number of aromatic nitrogens is 4. The topological polar surface area (TPSA) is 76.4 Å². The highest BCUT2D eigenvalue weighted by Gasteiger charge is 2.31. The third kappa shape index (κ3) is 4.03. The molecule has 4 heterocycles. The van der Waals surface area contributed by atoms with E-state index in [1.165, 1.54) is 12.8 Å². The van der Waals surface area contributed by atoms with Gasteiger partial charge in [-0.2, -0.15) is 0 Å². The number of aryl methyl sites for hydroxylation is 3. The zero-order valence-electron chi connectivity index (χ0n) is 19.8. The van der Waals surface area contributed by atoms with Crippen LogP contribution in [0.2, 0.25) is 0 Å². The fourth-order valence-electron chi connectivity index (χ4n) is 5.18. The lowest BCUT2D eigenvalue weighted by Crippen LogP contribution is -2.44. The second-order valence-corrected chi connectivity index (χ2v) is 9.22. The van der Waals surface area contributed by atoms with Gasteiger partial charge in [0.05, 0.1) is 18.7 Å². The average molecular weight is 449 g/mol. The fraction of sp³-hybridized carbons (Fsp3) is 0.520. The van der Waals surface area contributed by atoms with Crippen molar-refractivity contribution in [1.29, 1.82) is 0 Å². The minimum absolute atomic E-state index is 0.106. The molecule has 0 unspecified atom stereocenters. The molecule has 0 aliphatic carbocycles. The molecule has 1 atom stereocenters. The van der Waals surface area contributed by atoms with Gasteiger partial charge >= 0.3 is 0 Å². The summed E-state index contributed by atoms with van der Waals surface area (Å²) in [7, 11) is 3.48. The van der Waals surface area contributed by atoms with Crippen molar-refractivity contribution in [3.05, 3.63) is 35.9 Å². The molecule has 0 radical (unpaired) electrons. The Bertz CT molecular complexity index is 1170. The number of amides is 1. The second-order valence-electron chi connectivity index (χ2n) is 9.22. The number of imidazole rings is 1. The molecule has 2 aliphatic rings. The van der Waals surface area contributed by atoms with Gasteiger partial charge in [0.1, 0.15) is 17.9 Å². The summed E-state index contributed by atoms with van der Waals surface area (Å²) in [5, 5.41) is 0. The van der Waals surface area contributed by atoms with Crippen LogP contribution in [0.5, 0.6) is 5.75 Å². The number of carbonyl (C=O) groups is 1. The van der Waals surface area contributed by atoms with Crippen LogP contribution in [0.25, 0.3) is 11.2 Å². The van der Waals surface area contributed by atoms with Crippen LogP contribution >= 0.6 is 0 Å². The number of ether oxygens (including phenoxy) is 1. The summed E-state index contributed by atoms with van der Waals surface area (Å²) in [5.41, 5.74) is 3.70. The largest absolute Gasteiger partial charge is 0.495 e. The number of piperidine rings is 1. The van der Waals surface area contributed by atoms with Gasteiger partial charge in [0, 0.05) is 33.1 Å². The van der Waals surface area contributed by atoms with E-state index in [4.69, 9.17) is 9.72 Å². The summed E-state index contributed by atoms with van der Waals surface area (Å²) in [6.45, 7) is 4.49. The number of fused-ring (bicyclic) bond motifs is 3. The first kappa shape index (κ1) is 21.7. The zero-order chi connectivity index (χ0) is 22.9. The van der Waals surface area contributed by atoms with Crippen LogP contribution in [-0.2, 0) is 17.8 Å². The molecule has 33 heavy (non-hydrogen) atoms. The molecule has 2 aromatic heterocycles. The summed E-state index contributed by atoms with van der Waals surface area (Å²) in [6, 6.07) is 5.92. The molecule has 174 valence electrons. The molecule has 3 aromatic rings. The normalized spacial score (nSPS) is 18.6. The molecule has 0 spiro atoms. The molecular formula is C25H32N6O2. The van der Waals surface area contributed by atoms with Crippen molar-refractivity contribution in [1.82, 2.24) is 19.5 Å². The van der Waals surface area contributed by atoms with E-state index in [0.29, 0.717) is 12.3 Å². The van der Waals surface area contributed by atoms with Crippen LogP contribution in [0.15, 0.2) is 24.5 Å². The van der Waals surface area contributed by atoms with E-state index in [1.54, 1.807) is 18.3 Å². The van der Waals surface area contributed by atoms with Crippen molar-refractivity contribution in [2.45, 2.75) is 52.0 Å². The Kier molecular flexibility index (Phi) is 5.91. The van der Waals surface area contributed by atoms with E-state index in [-0.39, 0.29) is 11.8 Å². The molecular weight excluding hydrogens is 416 g/mol. The van der Waals surface area contributed by atoms with Gasteiger partial charge in [0.25, 0.3) is 0 Å². The number of hydrogen-bond acceptors (Lipinski definition) is 6. The van der Waals surface area contributed by atoms with Crippen LogP contribution in [-0.4, -0.2) is 52.7 Å². The number of nitrogens with zero attached hydrogens (tertiary/aromatic N) is 6. The first-order valence-corrected chi connectivity index (χ1v) is 11.9. The van der Waals surface area contributed by atoms with Gasteiger partial charge in [-0.3, -0.25) is 4.79 Å². The standard InChI is InChI=1S/C25H32N6O2/c1-17-10-11-20(33-3)19(14-17)29(2)25(32)18-8-7-12-30(15-18)23-22-24(27-16-26-23)31-13-6-4-5-9-21(31)28-22/h10-11,14,16,18H,4-9,12-13,15H2,1-3H3/t18-/m0/s1. The number of anilines is 2. The van der Waals surface area contributed by atoms with E-state index in [1.807, 2.05) is 32.2 Å². The predicted molar refractivity (Wildman–Crippen MR) is 129 cm³/mol. The second kappa shape index (κ2) is 9.00. The molecule has 0 bridgehead atoms. The minimum Gasteiger partial charge on any atom is -0.495 e. The Morgan fingerprint density at radius 1 is 1.15 bits per heavy atom. The van der Waals surface area contributed by atoms with Gasteiger partial charge in [0.2, 0.25) is 5.91 Å². The van der Waals surface area contributed by atoms with E-state index >= 15 is 0 Å². The van der Waals surface area contributed by atoms with Crippen molar-refractivity contribution in [3.8, 4) is 5.75 Å². The van der Waals surface area contributed by atoms with Gasteiger partial charge < -0.3 is 19.1 Å². The lowest BCUT2D eigenvalue weighted by molar-refractivity contribution is -0.122. The quantitative estimate of drug-likeness (QED) is 0.605. The van der Waals surface area contributed by atoms with Crippen molar-refractivity contribution < 1.29 is 9.53 Å². The molecule has 8 heteroatoms. The van der Waals surface area contributed by atoms with Crippen LogP contribution in [0.4, 0.5) is 11.5 Å². The number of methoxy groups -OCH3 is 1. The lowest BCUT2D eigenvalue weighted by atomic mass is 9.96. The first-order chi connectivity index (χ1) is 16.1. The van der Waals surface area contributed by atoms with Gasteiger partial charge in [0.15, 0.2) is 17.0 Å². The third-order valence-corrected chi connectivity index (χ3v) is 6.97. The van der Waals surface area contributed by atoms with Crippen LogP contribution < -0.4 is 14.5 Å². The number of carbonyl (C=O) groups excluding carboxylic acids is 1. The Morgan fingerprint density at radius 3 is 2.88 bits per heavy atom. The van der Waals surface area contributed by atoms with E-state index in [2.05, 4.69) is 19.4 Å². The maximum atomic E-state index is 13.5. The molecule has 0 N–H and O–H groups in total. The molecule has 1 saturated heterocycles. The Labute approximate surface area is 194 Å². The zero-order valence-corrected chi connectivity index (χ0v) is 19.8. The number of hydrogen-bond donors (Lipinski definition) is 0. The molecule has 8 nitrogen and oxygen atoms in total. The molecule has 2 aliphatic heterocycles. The summed E-state index contributed by atoms with van der Waals surface area (Å²) in [4.78, 5) is 31.6. The summed E-state index contributed by atoms with van der Waals surface area (Å²) in [5.74, 6) is 2.67. The van der Waals surface area contributed by atoms with Crippen LogP contribution in [0, 0.1) is 12.8 Å². The Balaban J connectivity index is 1.41. The summed E-state index contributed by atoms with van der Waals surface area (Å²) in [6.07, 6.45) is 7.99. The molecule has 1 fully saturated rings. The summed E-state index contributed by atoms with van der Waals surface area (Å²) < 4.78 is 7.78. The number of rotatable bonds is 4. The van der Waals surface area contributed by atoms with E-state index in [9.17, 15) is 4.79 Å². The third-order valence-electron chi connectivity index (χ3n) is 6.97. The van der Waals surface area contributed by atoms with E-state index in [0.717, 1.165) is 72.8 Å². The van der Waals surface area contributed by atoms with Crippen LogP contribution in [0.3, 0.4) is 0 Å². The maximum Gasteiger partial charge on any atom is 0.231 e. The van der Waals surface area contributed by atoms with Gasteiger partial charge in [-0.05, 0) is 50.3 Å². The van der Waals surface area contributed by atoms with E-state index < -0.39 is 0 Å². The maximum absolute atomic E-state index is 13.5. The van der Waals surface area contributed by atoms with Gasteiger partial charge in [-0.1, -0.05) is 12.5 Å². The highest BCUT2D eigenvalue weighted by atomic mass is 16.5. The summed E-state index contributed by atoms with van der Waals surface area (Å²) >= 11 is 0. The number of benzene rings is 1. The lowest BCUT2D eigenvalue weighted by Gasteiger charge is -2.35. The predicted octanol–water partition coefficient (Wildman–Crippen LogP) is 3.75. The molecule has 0 saturated carbocycles. The fourth-order valence-corrected chi connectivity index (χ4v) is 5.18. The monoisotopic (exact) mass is 448 g/mol. The minimum atomic E-state index is -0.112. The van der Waals surface area contributed by atoms with Crippen molar-refractivity contribution in [3.63, 3.8) is 0 Å². The first-order valence-electron chi connectivity index (χ1n) is 11.9. The van der Waals surface area contributed by atoms with Crippen LogP contribution in [0.1, 0.15) is 43.5 Å². The molecule has 1 amide bonds. The van der Waals surface area contributed by atoms with Crippen molar-refractivity contribution in [2.75, 3.05) is 37.0 Å². The highest BCUT2D eigenvalue weighted by Crippen LogP contribution is 2.33. The van der Waals surface area contributed by atoms with Crippen molar-refractivity contribution in [2.24, 2.45) is 5.92 Å². The Morgan fingerprint density at radius 2 is 2.03 bits per heavy atom. The molecule has 1 aromatic carbocycles. The molecule has 5 rings (SSSR count).